The lowest BCUT2D eigenvalue weighted by Crippen LogP contribution is -2.31. The highest BCUT2D eigenvalue weighted by atomic mass is 32.1. The summed E-state index contributed by atoms with van der Waals surface area (Å²) in [5.41, 5.74) is 2.39. The summed E-state index contributed by atoms with van der Waals surface area (Å²) < 4.78 is 0. The number of fused-ring (bicyclic) bond motifs is 3. The maximum Gasteiger partial charge on any atom is 0.269 e. The summed E-state index contributed by atoms with van der Waals surface area (Å²) in [6.45, 7) is -0.363. The van der Waals surface area contributed by atoms with Gasteiger partial charge in [-0.1, -0.05) is 0 Å². The van der Waals surface area contributed by atoms with Gasteiger partial charge in [0, 0.05) is 35.0 Å². The van der Waals surface area contributed by atoms with Crippen molar-refractivity contribution in [1.29, 1.82) is 0 Å². The summed E-state index contributed by atoms with van der Waals surface area (Å²) >= 11 is 1.65. The van der Waals surface area contributed by atoms with E-state index < -0.39 is 17.1 Å². The minimum absolute atomic E-state index is 0.0630. The first-order valence-corrected chi connectivity index (χ1v) is 11.4. The molecule has 1 aliphatic carbocycles. The van der Waals surface area contributed by atoms with Gasteiger partial charge in [0.2, 0.25) is 0 Å². The molecular weight excluding hydrogens is 442 g/mol. The largest absolute Gasteiger partial charge is 0.394 e. The van der Waals surface area contributed by atoms with Crippen LogP contribution in [0.2, 0.25) is 0 Å². The van der Waals surface area contributed by atoms with Crippen LogP contribution in [-0.2, 0) is 12.8 Å². The second kappa shape index (κ2) is 8.81. The summed E-state index contributed by atoms with van der Waals surface area (Å²) in [6, 6.07) is 8.58. The maximum absolute atomic E-state index is 10.9. The van der Waals surface area contributed by atoms with E-state index in [4.69, 9.17) is 9.97 Å². The first-order chi connectivity index (χ1) is 16.0. The van der Waals surface area contributed by atoms with Crippen molar-refractivity contribution in [3.05, 3.63) is 74.9 Å². The van der Waals surface area contributed by atoms with Gasteiger partial charge in [-0.3, -0.25) is 15.1 Å². The molecule has 2 atom stereocenters. The third kappa shape index (κ3) is 4.04. The van der Waals surface area contributed by atoms with E-state index in [1.165, 1.54) is 34.7 Å². The molecular formula is C23H21N5O4S. The van der Waals surface area contributed by atoms with Crippen molar-refractivity contribution >= 4 is 33.1 Å². The van der Waals surface area contributed by atoms with E-state index in [9.17, 15) is 20.3 Å². The molecule has 0 aliphatic heterocycles. The number of aliphatic hydroxyl groups excluding tert-OH is 2. The second-order valence-corrected chi connectivity index (χ2v) is 8.99. The van der Waals surface area contributed by atoms with E-state index in [1.54, 1.807) is 23.7 Å². The predicted molar refractivity (Wildman–Crippen MR) is 125 cm³/mol. The number of hydrogen-bond donors (Lipinski definition) is 3. The zero-order valence-electron chi connectivity index (χ0n) is 17.5. The van der Waals surface area contributed by atoms with Crippen LogP contribution in [0.25, 0.3) is 21.6 Å². The molecule has 0 bridgehead atoms. The number of nitro benzene ring substituents is 1. The number of nitrogens with zero attached hydrogens (tertiary/aromatic N) is 4. The SMILES string of the molecule is O=[N+]([O-])c1ccc(C(O)C(CO)Nc2nc(-c3cccnc3)nc3sc4c(c23)CCC4)cc1. The van der Waals surface area contributed by atoms with E-state index in [0.717, 1.165) is 35.0 Å². The van der Waals surface area contributed by atoms with Gasteiger partial charge < -0.3 is 15.5 Å². The van der Waals surface area contributed by atoms with Crippen LogP contribution >= 0.6 is 11.3 Å². The number of nitro groups is 1. The number of aryl methyl sites for hydroxylation is 2. The second-order valence-electron chi connectivity index (χ2n) is 7.90. The average molecular weight is 464 g/mol. The van der Waals surface area contributed by atoms with Crippen molar-refractivity contribution in [3.63, 3.8) is 0 Å². The van der Waals surface area contributed by atoms with Gasteiger partial charge in [-0.05, 0) is 54.7 Å². The minimum atomic E-state index is -1.10. The van der Waals surface area contributed by atoms with Crippen LogP contribution in [0.15, 0.2) is 48.8 Å². The van der Waals surface area contributed by atoms with Gasteiger partial charge in [0.15, 0.2) is 5.82 Å². The van der Waals surface area contributed by atoms with Crippen molar-refractivity contribution in [2.75, 3.05) is 11.9 Å². The van der Waals surface area contributed by atoms with Gasteiger partial charge >= 0.3 is 0 Å². The van der Waals surface area contributed by atoms with Crippen molar-refractivity contribution in [2.45, 2.75) is 31.4 Å². The summed E-state index contributed by atoms with van der Waals surface area (Å²) in [5.74, 6) is 1.07. The molecule has 5 rings (SSSR count). The maximum atomic E-state index is 10.9. The van der Waals surface area contributed by atoms with Crippen LogP contribution in [0.5, 0.6) is 0 Å². The normalized spacial score (nSPS) is 14.7. The third-order valence-corrected chi connectivity index (χ3v) is 7.02. The van der Waals surface area contributed by atoms with Crippen LogP contribution in [-0.4, -0.2) is 42.7 Å². The number of rotatable bonds is 7. The van der Waals surface area contributed by atoms with Gasteiger partial charge in [-0.2, -0.15) is 0 Å². The highest BCUT2D eigenvalue weighted by molar-refractivity contribution is 7.19. The van der Waals surface area contributed by atoms with Crippen LogP contribution in [0.1, 0.15) is 28.5 Å². The smallest absolute Gasteiger partial charge is 0.269 e. The highest BCUT2D eigenvalue weighted by Gasteiger charge is 2.27. The molecule has 0 saturated carbocycles. The van der Waals surface area contributed by atoms with Gasteiger partial charge in [0.1, 0.15) is 16.8 Å². The molecule has 4 aromatic rings. The van der Waals surface area contributed by atoms with Crippen molar-refractivity contribution in [2.24, 2.45) is 0 Å². The average Bonchev–Trinajstić information content (AvgIpc) is 3.43. The zero-order chi connectivity index (χ0) is 22.9. The number of pyridine rings is 1. The summed E-state index contributed by atoms with van der Waals surface area (Å²) in [5, 5.41) is 36.1. The monoisotopic (exact) mass is 463 g/mol. The van der Waals surface area contributed by atoms with E-state index in [1.807, 2.05) is 12.1 Å². The number of thiophene rings is 1. The number of hydrogen-bond acceptors (Lipinski definition) is 9. The summed E-state index contributed by atoms with van der Waals surface area (Å²) in [7, 11) is 0. The Morgan fingerprint density at radius 1 is 1.18 bits per heavy atom. The molecule has 1 aromatic carbocycles. The molecule has 0 spiro atoms. The molecule has 10 heteroatoms. The fourth-order valence-electron chi connectivity index (χ4n) is 4.15. The standard InChI is InChI=1S/C23H21N5O4S/c29-12-17(20(30)13-6-8-15(9-7-13)28(31)32)25-22-19-16-4-1-5-18(16)33-23(19)27-21(26-22)14-3-2-10-24-11-14/h2-3,6-11,17,20,29-30H,1,4-5,12H2,(H,25,26,27). The van der Waals surface area contributed by atoms with E-state index in [-0.39, 0.29) is 12.3 Å². The van der Waals surface area contributed by atoms with E-state index in [0.29, 0.717) is 17.2 Å². The van der Waals surface area contributed by atoms with Crippen LogP contribution in [0.4, 0.5) is 11.5 Å². The lowest BCUT2D eigenvalue weighted by atomic mass is 10.0. The van der Waals surface area contributed by atoms with E-state index in [2.05, 4.69) is 10.3 Å². The Morgan fingerprint density at radius 3 is 2.70 bits per heavy atom. The molecule has 3 heterocycles. The fraction of sp³-hybridized carbons (Fsp3) is 0.261. The Bertz CT molecular complexity index is 1310. The number of benzene rings is 1. The topological polar surface area (TPSA) is 134 Å². The molecule has 0 saturated heterocycles. The fourth-order valence-corrected chi connectivity index (χ4v) is 5.41. The first-order valence-electron chi connectivity index (χ1n) is 10.6. The Kier molecular flexibility index (Phi) is 5.71. The molecule has 0 radical (unpaired) electrons. The van der Waals surface area contributed by atoms with E-state index >= 15 is 0 Å². The Labute approximate surface area is 193 Å². The van der Waals surface area contributed by atoms with Crippen molar-refractivity contribution in [3.8, 4) is 11.4 Å². The molecule has 1 aliphatic rings. The van der Waals surface area contributed by atoms with Gasteiger partial charge in [0.05, 0.1) is 23.0 Å². The molecule has 9 nitrogen and oxygen atoms in total. The first kappa shape index (κ1) is 21.4. The molecule has 3 N–H and O–H groups in total. The van der Waals surface area contributed by atoms with Crippen molar-refractivity contribution in [1.82, 2.24) is 15.0 Å². The minimum Gasteiger partial charge on any atom is -0.394 e. The van der Waals surface area contributed by atoms with Crippen LogP contribution in [0, 0.1) is 10.1 Å². The predicted octanol–water partition coefficient (Wildman–Crippen LogP) is 3.66. The lowest BCUT2D eigenvalue weighted by Gasteiger charge is -2.24. The van der Waals surface area contributed by atoms with Crippen LogP contribution < -0.4 is 5.32 Å². The van der Waals surface area contributed by atoms with Gasteiger partial charge in [-0.25, -0.2) is 9.97 Å². The lowest BCUT2D eigenvalue weighted by molar-refractivity contribution is -0.384. The Balaban J connectivity index is 1.54. The summed E-state index contributed by atoms with van der Waals surface area (Å²) in [4.78, 5) is 26.3. The zero-order valence-corrected chi connectivity index (χ0v) is 18.3. The number of nitrogens with one attached hydrogen (secondary N) is 1. The number of non-ortho nitro benzene ring substituents is 1. The Morgan fingerprint density at radius 2 is 2.00 bits per heavy atom. The summed E-state index contributed by atoms with van der Waals surface area (Å²) in [6.07, 6.45) is 5.30. The van der Waals surface area contributed by atoms with Crippen molar-refractivity contribution < 1.29 is 15.1 Å². The third-order valence-electron chi connectivity index (χ3n) is 5.83. The number of aromatic nitrogens is 3. The number of anilines is 1. The Hall–Kier alpha value is -3.47. The molecule has 0 fully saturated rings. The quantitative estimate of drug-likeness (QED) is 0.279. The molecule has 33 heavy (non-hydrogen) atoms. The number of aliphatic hydroxyl groups is 2. The highest BCUT2D eigenvalue weighted by Crippen LogP contribution is 2.41. The molecule has 168 valence electrons. The molecule has 3 aromatic heterocycles. The van der Waals surface area contributed by atoms with Gasteiger partial charge in [0.25, 0.3) is 5.69 Å². The van der Waals surface area contributed by atoms with Crippen LogP contribution in [0.3, 0.4) is 0 Å². The molecule has 2 unspecified atom stereocenters. The molecule has 0 amide bonds. The van der Waals surface area contributed by atoms with Gasteiger partial charge in [-0.15, -0.1) is 11.3 Å².